The van der Waals surface area contributed by atoms with Gasteiger partial charge in [-0.3, -0.25) is 0 Å². The van der Waals surface area contributed by atoms with E-state index >= 15 is 0 Å². The van der Waals surface area contributed by atoms with Crippen molar-refractivity contribution in [2.45, 2.75) is 37.1 Å². The average molecular weight is 354 g/mol. The second-order valence-corrected chi connectivity index (χ2v) is 9.03. The second-order valence-electron chi connectivity index (χ2n) is 7.01. The number of rotatable bonds is 3. The standard InChI is InChI=1S/C20H22N2O2S/c1-13-3-9-19-17(11-13)18-12-15(6-10-20(18)22-19)21-14-4-7-16(8-5-14)25(2,23)24/h3-5,7-9,11,15,21-22H,6,10,12H2,1-2H3. The van der Waals surface area contributed by atoms with E-state index in [0.717, 1.165) is 24.9 Å². The zero-order valence-corrected chi connectivity index (χ0v) is 15.3. The van der Waals surface area contributed by atoms with E-state index < -0.39 is 9.84 Å². The molecule has 0 spiro atoms. The predicted molar refractivity (Wildman–Crippen MR) is 102 cm³/mol. The molecule has 0 amide bonds. The van der Waals surface area contributed by atoms with Crippen molar-refractivity contribution in [1.82, 2.24) is 4.98 Å². The summed E-state index contributed by atoms with van der Waals surface area (Å²) in [6.45, 7) is 2.13. The lowest BCUT2D eigenvalue weighted by atomic mass is 9.91. The van der Waals surface area contributed by atoms with E-state index in [-0.39, 0.29) is 0 Å². The Balaban J connectivity index is 1.56. The van der Waals surface area contributed by atoms with Crippen LogP contribution in [-0.4, -0.2) is 25.7 Å². The van der Waals surface area contributed by atoms with Crippen LogP contribution in [0.15, 0.2) is 47.4 Å². The van der Waals surface area contributed by atoms with Gasteiger partial charge in [0.05, 0.1) is 4.90 Å². The fourth-order valence-corrected chi connectivity index (χ4v) is 4.32. The van der Waals surface area contributed by atoms with Gasteiger partial charge in [-0.1, -0.05) is 11.6 Å². The Hall–Kier alpha value is -2.27. The fraction of sp³-hybridized carbons (Fsp3) is 0.300. The molecule has 0 aliphatic heterocycles. The molecule has 1 aromatic heterocycles. The Labute approximate surface area is 148 Å². The van der Waals surface area contributed by atoms with Gasteiger partial charge in [-0.05, 0) is 68.1 Å². The van der Waals surface area contributed by atoms with Gasteiger partial charge >= 0.3 is 0 Å². The first-order chi connectivity index (χ1) is 11.9. The van der Waals surface area contributed by atoms with E-state index in [1.165, 1.54) is 34.0 Å². The first kappa shape index (κ1) is 16.2. The van der Waals surface area contributed by atoms with Gasteiger partial charge in [0.1, 0.15) is 0 Å². The summed E-state index contributed by atoms with van der Waals surface area (Å²) in [6, 6.07) is 14.0. The van der Waals surface area contributed by atoms with Gasteiger partial charge in [0.25, 0.3) is 0 Å². The summed E-state index contributed by atoms with van der Waals surface area (Å²) in [5, 5.41) is 4.89. The maximum atomic E-state index is 11.6. The van der Waals surface area contributed by atoms with Crippen molar-refractivity contribution in [2.75, 3.05) is 11.6 Å². The minimum absolute atomic E-state index is 0.357. The molecule has 0 saturated carbocycles. The summed E-state index contributed by atoms with van der Waals surface area (Å²) in [7, 11) is -3.15. The number of nitrogens with one attached hydrogen (secondary N) is 2. The number of sulfone groups is 1. The van der Waals surface area contributed by atoms with E-state index in [2.05, 4.69) is 35.4 Å². The van der Waals surface area contributed by atoms with Crippen LogP contribution in [0.25, 0.3) is 10.9 Å². The van der Waals surface area contributed by atoms with Crippen molar-refractivity contribution in [3.05, 3.63) is 59.3 Å². The molecule has 4 rings (SSSR count). The summed E-state index contributed by atoms with van der Waals surface area (Å²) < 4.78 is 23.1. The highest BCUT2D eigenvalue weighted by Gasteiger charge is 2.22. The number of benzene rings is 2. The Morgan fingerprint density at radius 2 is 1.88 bits per heavy atom. The quantitative estimate of drug-likeness (QED) is 0.751. The third-order valence-electron chi connectivity index (χ3n) is 5.00. The summed E-state index contributed by atoms with van der Waals surface area (Å²) in [4.78, 5) is 3.91. The van der Waals surface area contributed by atoms with Crippen LogP contribution in [0, 0.1) is 6.92 Å². The van der Waals surface area contributed by atoms with Gasteiger partial charge < -0.3 is 10.3 Å². The van der Waals surface area contributed by atoms with Crippen molar-refractivity contribution >= 4 is 26.4 Å². The monoisotopic (exact) mass is 354 g/mol. The molecule has 1 atom stereocenters. The van der Waals surface area contributed by atoms with Crippen molar-refractivity contribution in [3.8, 4) is 0 Å². The molecule has 0 radical (unpaired) electrons. The van der Waals surface area contributed by atoms with Crippen LogP contribution in [0.5, 0.6) is 0 Å². The summed E-state index contributed by atoms with van der Waals surface area (Å²) in [6.07, 6.45) is 4.30. The van der Waals surface area contributed by atoms with E-state index in [1.807, 2.05) is 12.1 Å². The lowest BCUT2D eigenvalue weighted by molar-refractivity contribution is 0.601. The molecular weight excluding hydrogens is 332 g/mol. The molecule has 1 aliphatic carbocycles. The number of anilines is 1. The SMILES string of the molecule is Cc1ccc2[nH]c3c(c2c1)CC(Nc1ccc(S(C)(=O)=O)cc1)CC3. The smallest absolute Gasteiger partial charge is 0.175 e. The number of aromatic nitrogens is 1. The summed E-state index contributed by atoms with van der Waals surface area (Å²) >= 11 is 0. The number of H-pyrrole nitrogens is 1. The maximum Gasteiger partial charge on any atom is 0.175 e. The highest BCUT2D eigenvalue weighted by molar-refractivity contribution is 7.90. The van der Waals surface area contributed by atoms with Crippen molar-refractivity contribution in [1.29, 1.82) is 0 Å². The van der Waals surface area contributed by atoms with Gasteiger partial charge in [0.2, 0.25) is 0 Å². The molecular formula is C20H22N2O2S. The Morgan fingerprint density at radius 3 is 2.60 bits per heavy atom. The first-order valence-corrected chi connectivity index (χ1v) is 10.5. The zero-order valence-electron chi connectivity index (χ0n) is 14.5. The molecule has 2 aromatic carbocycles. The van der Waals surface area contributed by atoms with E-state index in [4.69, 9.17) is 0 Å². The van der Waals surface area contributed by atoms with E-state index in [1.54, 1.807) is 12.1 Å². The van der Waals surface area contributed by atoms with Crippen LogP contribution in [0.3, 0.4) is 0 Å². The molecule has 5 heteroatoms. The lowest BCUT2D eigenvalue weighted by Gasteiger charge is -2.24. The van der Waals surface area contributed by atoms with Crippen LogP contribution in [0.4, 0.5) is 5.69 Å². The lowest BCUT2D eigenvalue weighted by Crippen LogP contribution is -2.27. The summed E-state index contributed by atoms with van der Waals surface area (Å²) in [5.74, 6) is 0. The number of hydrogen-bond acceptors (Lipinski definition) is 3. The van der Waals surface area contributed by atoms with Crippen molar-refractivity contribution in [2.24, 2.45) is 0 Å². The minimum atomic E-state index is -3.15. The average Bonchev–Trinajstić information content (AvgIpc) is 2.92. The van der Waals surface area contributed by atoms with Crippen LogP contribution >= 0.6 is 0 Å². The van der Waals surface area contributed by atoms with Crippen molar-refractivity contribution < 1.29 is 8.42 Å². The zero-order chi connectivity index (χ0) is 17.6. The summed E-state index contributed by atoms with van der Waals surface area (Å²) in [5.41, 5.74) is 6.23. The highest BCUT2D eigenvalue weighted by atomic mass is 32.2. The van der Waals surface area contributed by atoms with Gasteiger partial charge in [0.15, 0.2) is 9.84 Å². The largest absolute Gasteiger partial charge is 0.382 e. The molecule has 1 unspecified atom stereocenters. The molecule has 2 N–H and O–H groups in total. The van der Waals surface area contributed by atoms with E-state index in [0.29, 0.717) is 10.9 Å². The normalized spacial score (nSPS) is 17.4. The van der Waals surface area contributed by atoms with Gasteiger partial charge in [-0.25, -0.2) is 8.42 Å². The van der Waals surface area contributed by atoms with Crippen LogP contribution in [-0.2, 0) is 22.7 Å². The Morgan fingerprint density at radius 1 is 1.12 bits per heavy atom. The Kier molecular flexibility index (Phi) is 3.84. The molecule has 0 saturated heterocycles. The molecule has 1 heterocycles. The predicted octanol–water partition coefficient (Wildman–Crippen LogP) is 3.85. The third-order valence-corrected chi connectivity index (χ3v) is 6.13. The molecule has 0 bridgehead atoms. The highest BCUT2D eigenvalue weighted by Crippen LogP contribution is 2.31. The molecule has 0 fully saturated rings. The number of aryl methyl sites for hydroxylation is 2. The molecule has 3 aromatic rings. The van der Waals surface area contributed by atoms with Gasteiger partial charge in [-0.2, -0.15) is 0 Å². The van der Waals surface area contributed by atoms with Gasteiger partial charge in [0, 0.05) is 34.6 Å². The van der Waals surface area contributed by atoms with Crippen molar-refractivity contribution in [3.63, 3.8) is 0 Å². The molecule has 130 valence electrons. The minimum Gasteiger partial charge on any atom is -0.382 e. The van der Waals surface area contributed by atoms with E-state index in [9.17, 15) is 8.42 Å². The molecule has 4 nitrogen and oxygen atoms in total. The maximum absolute atomic E-state index is 11.6. The number of hydrogen-bond donors (Lipinski definition) is 2. The Bertz CT molecular complexity index is 1030. The van der Waals surface area contributed by atoms with Gasteiger partial charge in [-0.15, -0.1) is 0 Å². The van der Waals surface area contributed by atoms with Crippen LogP contribution in [0.2, 0.25) is 0 Å². The molecule has 25 heavy (non-hydrogen) atoms. The number of aromatic amines is 1. The van der Waals surface area contributed by atoms with Crippen LogP contribution in [0.1, 0.15) is 23.2 Å². The first-order valence-electron chi connectivity index (χ1n) is 8.57. The third kappa shape index (κ3) is 3.16. The topological polar surface area (TPSA) is 62.0 Å². The fourth-order valence-electron chi connectivity index (χ4n) is 3.69. The number of fused-ring (bicyclic) bond motifs is 3. The molecule has 1 aliphatic rings. The second kappa shape index (κ2) is 5.92. The van der Waals surface area contributed by atoms with Crippen LogP contribution < -0.4 is 5.32 Å².